The van der Waals surface area contributed by atoms with Crippen molar-refractivity contribution in [3.63, 3.8) is 0 Å². The topological polar surface area (TPSA) is 166 Å². The zero-order valence-corrected chi connectivity index (χ0v) is 24.6. The van der Waals surface area contributed by atoms with Gasteiger partial charge in [0.25, 0.3) is 11.5 Å². The Balaban J connectivity index is 1.65. The molecule has 1 amide bonds. The lowest BCUT2D eigenvalue weighted by Crippen LogP contribution is -2.29. The molecule has 1 fully saturated rings. The Labute approximate surface area is 253 Å². The van der Waals surface area contributed by atoms with E-state index in [1.807, 2.05) is 0 Å². The van der Waals surface area contributed by atoms with E-state index in [2.05, 4.69) is 4.98 Å². The summed E-state index contributed by atoms with van der Waals surface area (Å²) in [5.74, 6) is -1.91. The number of rotatable bonds is 8. The predicted octanol–water partition coefficient (Wildman–Crippen LogP) is 5.18. The molecule has 0 radical (unpaired) electrons. The highest BCUT2D eigenvalue weighted by atomic mass is 35.5. The number of hydrogen-bond acceptors (Lipinski definition) is 11. The zero-order valence-electron chi connectivity index (χ0n) is 22.3. The second-order valence-electron chi connectivity index (χ2n) is 9.01. The SMILES string of the molecule is COc1ccc(C2/C(=C(/O)c3ccc(Cl)cc3)C(=O)C(=O)N2c2ncc(S(=O)(=O)c3ccc([N+](=O)[O-])cc3)s2)cc1OC. The number of carbonyl (C=O) groups is 2. The number of aliphatic hydroxyl groups excluding tert-OH is 1. The predicted molar refractivity (Wildman–Crippen MR) is 156 cm³/mol. The summed E-state index contributed by atoms with van der Waals surface area (Å²) >= 11 is 6.60. The Hall–Kier alpha value is -4.79. The highest BCUT2D eigenvalue weighted by molar-refractivity contribution is 7.93. The van der Waals surface area contributed by atoms with Gasteiger partial charge < -0.3 is 14.6 Å². The number of ketones is 1. The van der Waals surface area contributed by atoms with Gasteiger partial charge in [-0.15, -0.1) is 0 Å². The van der Waals surface area contributed by atoms with Crippen LogP contribution < -0.4 is 14.4 Å². The van der Waals surface area contributed by atoms with Crippen LogP contribution in [0.15, 0.2) is 87.6 Å². The molecule has 1 aliphatic rings. The lowest BCUT2D eigenvalue weighted by atomic mass is 9.95. The smallest absolute Gasteiger partial charge is 0.301 e. The minimum atomic E-state index is -4.20. The van der Waals surface area contributed by atoms with E-state index in [0.29, 0.717) is 27.7 Å². The van der Waals surface area contributed by atoms with Gasteiger partial charge in [0, 0.05) is 22.7 Å². The van der Waals surface area contributed by atoms with Crippen molar-refractivity contribution >= 4 is 61.0 Å². The van der Waals surface area contributed by atoms with Crippen LogP contribution in [0.2, 0.25) is 5.02 Å². The molecule has 0 bridgehead atoms. The molecule has 43 heavy (non-hydrogen) atoms. The zero-order chi connectivity index (χ0) is 31.1. The standard InChI is InChI=1S/C28H20ClN3O9S2/c1-40-20-12-5-16(13-21(20)41-2)24-23(25(33)15-3-6-17(29)7-4-15)26(34)27(35)31(24)28-30-14-22(42-28)43(38,39)19-10-8-18(9-11-19)32(36)37/h3-14,24,33H,1-2H3/b25-23-. The number of thiazole rings is 1. The molecular formula is C28H20ClN3O9S2. The number of aliphatic hydroxyl groups is 1. The summed E-state index contributed by atoms with van der Waals surface area (Å²) in [6, 6.07) is 13.7. The van der Waals surface area contributed by atoms with Gasteiger partial charge in [-0.25, -0.2) is 13.4 Å². The van der Waals surface area contributed by atoms with Gasteiger partial charge in [-0.05, 0) is 54.1 Å². The Morgan fingerprint density at radius 3 is 2.28 bits per heavy atom. The third kappa shape index (κ3) is 5.31. The second-order valence-corrected chi connectivity index (χ2v) is 12.6. The number of methoxy groups -OCH3 is 2. The van der Waals surface area contributed by atoms with Crippen molar-refractivity contribution in [3.8, 4) is 11.5 Å². The van der Waals surface area contributed by atoms with Crippen molar-refractivity contribution in [3.05, 3.63) is 105 Å². The average Bonchev–Trinajstić information content (AvgIpc) is 3.60. The summed E-state index contributed by atoms with van der Waals surface area (Å²) in [6.45, 7) is 0. The van der Waals surface area contributed by atoms with Crippen molar-refractivity contribution in [1.29, 1.82) is 0 Å². The quantitative estimate of drug-likeness (QED) is 0.0890. The third-order valence-corrected chi connectivity index (χ3v) is 10.1. The number of nitro groups is 1. The molecule has 1 atom stereocenters. The van der Waals surface area contributed by atoms with Crippen LogP contribution in [0, 0.1) is 10.1 Å². The molecule has 3 aromatic carbocycles. The van der Waals surface area contributed by atoms with Gasteiger partial charge >= 0.3 is 5.91 Å². The van der Waals surface area contributed by atoms with Crippen LogP contribution in [0.4, 0.5) is 10.8 Å². The first-order valence-electron chi connectivity index (χ1n) is 12.2. The van der Waals surface area contributed by atoms with Crippen LogP contribution >= 0.6 is 22.9 Å². The highest BCUT2D eigenvalue weighted by Crippen LogP contribution is 2.46. The summed E-state index contributed by atoms with van der Waals surface area (Å²) in [4.78, 5) is 42.2. The van der Waals surface area contributed by atoms with Crippen LogP contribution in [0.25, 0.3) is 5.76 Å². The first-order chi connectivity index (χ1) is 20.5. The number of carbonyl (C=O) groups excluding carboxylic acids is 2. The summed E-state index contributed by atoms with van der Waals surface area (Å²) in [6.07, 6.45) is 1.03. The maximum absolute atomic E-state index is 13.5. The summed E-state index contributed by atoms with van der Waals surface area (Å²) in [5, 5.41) is 22.5. The average molecular weight is 642 g/mol. The molecule has 1 N–H and O–H groups in total. The van der Waals surface area contributed by atoms with E-state index in [0.717, 1.165) is 35.4 Å². The van der Waals surface area contributed by atoms with E-state index < -0.39 is 38.3 Å². The van der Waals surface area contributed by atoms with Gasteiger partial charge in [0.2, 0.25) is 9.84 Å². The molecule has 1 aliphatic heterocycles. The van der Waals surface area contributed by atoms with E-state index in [4.69, 9.17) is 21.1 Å². The van der Waals surface area contributed by atoms with Gasteiger partial charge in [0.05, 0.1) is 41.9 Å². The Morgan fingerprint density at radius 1 is 1.02 bits per heavy atom. The summed E-state index contributed by atoms with van der Waals surface area (Å²) in [5.41, 5.74) is -0.00648. The number of benzene rings is 3. The number of anilines is 1. The molecule has 12 nitrogen and oxygen atoms in total. The molecule has 1 aromatic heterocycles. The van der Waals surface area contributed by atoms with Gasteiger partial charge in [0.15, 0.2) is 16.6 Å². The monoisotopic (exact) mass is 641 g/mol. The number of nitro benzene ring substituents is 1. The molecule has 0 saturated carbocycles. The van der Waals surface area contributed by atoms with E-state index in [9.17, 15) is 33.2 Å². The number of ether oxygens (including phenoxy) is 2. The number of nitrogens with zero attached hydrogens (tertiary/aromatic N) is 3. The van der Waals surface area contributed by atoms with Crippen molar-refractivity contribution in [1.82, 2.24) is 4.98 Å². The normalized spacial score (nSPS) is 16.3. The number of Topliss-reactive ketones (excluding diaryl/α,β-unsaturated/α-hetero) is 1. The first kappa shape index (κ1) is 29.7. The van der Waals surface area contributed by atoms with E-state index >= 15 is 0 Å². The van der Waals surface area contributed by atoms with Crippen LogP contribution in [-0.4, -0.2) is 49.3 Å². The lowest BCUT2D eigenvalue weighted by Gasteiger charge is -2.23. The molecule has 2 heterocycles. The fourth-order valence-electron chi connectivity index (χ4n) is 4.48. The number of non-ortho nitro benzene ring substituents is 1. The fraction of sp³-hybridized carbons (Fsp3) is 0.107. The maximum atomic E-state index is 13.5. The number of amides is 1. The molecule has 1 saturated heterocycles. The molecular weight excluding hydrogens is 622 g/mol. The van der Waals surface area contributed by atoms with Crippen LogP contribution in [0.5, 0.6) is 11.5 Å². The molecule has 1 unspecified atom stereocenters. The summed E-state index contributed by atoms with van der Waals surface area (Å²) < 4.78 is 37.1. The van der Waals surface area contributed by atoms with Crippen LogP contribution in [0.1, 0.15) is 17.2 Å². The van der Waals surface area contributed by atoms with Crippen molar-refractivity contribution in [2.75, 3.05) is 19.1 Å². The molecule has 5 rings (SSSR count). The molecule has 0 spiro atoms. The fourth-order valence-corrected chi connectivity index (χ4v) is 7.15. The molecule has 4 aromatic rings. The third-order valence-electron chi connectivity index (χ3n) is 6.59. The van der Waals surface area contributed by atoms with Gasteiger partial charge in [-0.3, -0.25) is 24.6 Å². The van der Waals surface area contributed by atoms with Crippen molar-refractivity contribution in [2.24, 2.45) is 0 Å². The van der Waals surface area contributed by atoms with Crippen molar-refractivity contribution < 1.29 is 37.5 Å². The van der Waals surface area contributed by atoms with Gasteiger partial charge in [-0.1, -0.05) is 29.0 Å². The summed E-state index contributed by atoms with van der Waals surface area (Å²) in [7, 11) is -1.36. The van der Waals surface area contributed by atoms with E-state index in [-0.39, 0.29) is 36.8 Å². The van der Waals surface area contributed by atoms with Gasteiger partial charge in [0.1, 0.15) is 9.97 Å². The Morgan fingerprint density at radius 2 is 1.67 bits per heavy atom. The van der Waals surface area contributed by atoms with Crippen LogP contribution in [-0.2, 0) is 19.4 Å². The molecule has 0 aliphatic carbocycles. The van der Waals surface area contributed by atoms with Crippen molar-refractivity contribution in [2.45, 2.75) is 15.1 Å². The first-order valence-corrected chi connectivity index (χ1v) is 14.9. The minimum absolute atomic E-state index is 0.141. The number of sulfone groups is 1. The van der Waals surface area contributed by atoms with Crippen LogP contribution in [0.3, 0.4) is 0 Å². The number of aromatic nitrogens is 1. The van der Waals surface area contributed by atoms with E-state index in [1.54, 1.807) is 12.1 Å². The Kier molecular flexibility index (Phi) is 7.92. The second kappa shape index (κ2) is 11.5. The Bertz CT molecular complexity index is 1900. The highest BCUT2D eigenvalue weighted by Gasteiger charge is 2.48. The lowest BCUT2D eigenvalue weighted by molar-refractivity contribution is -0.384. The van der Waals surface area contributed by atoms with E-state index in [1.165, 1.54) is 44.6 Å². The number of hydrogen-bond donors (Lipinski definition) is 1. The molecule has 15 heteroatoms. The largest absolute Gasteiger partial charge is 0.507 e. The molecule has 220 valence electrons. The van der Waals surface area contributed by atoms with Gasteiger partial charge in [-0.2, -0.15) is 0 Å². The maximum Gasteiger partial charge on any atom is 0.301 e. The minimum Gasteiger partial charge on any atom is -0.507 e. The number of halogens is 1.